The second-order valence-electron chi connectivity index (χ2n) is 5.44. The third kappa shape index (κ3) is 1.76. The Morgan fingerprint density at radius 2 is 1.82 bits per heavy atom. The summed E-state index contributed by atoms with van der Waals surface area (Å²) >= 11 is 0. The molecule has 3 rings (SSSR count). The van der Waals surface area contributed by atoms with Gasteiger partial charge in [0.15, 0.2) is 0 Å². The zero-order valence-electron chi connectivity index (χ0n) is 10.9. The molecular formula is C17H19. The Morgan fingerprint density at radius 3 is 2.65 bits per heavy atom. The van der Waals surface area contributed by atoms with Crippen LogP contribution in [0.5, 0.6) is 0 Å². The van der Waals surface area contributed by atoms with Gasteiger partial charge in [-0.3, -0.25) is 0 Å². The summed E-state index contributed by atoms with van der Waals surface area (Å²) in [5, 5.41) is 0. The van der Waals surface area contributed by atoms with Gasteiger partial charge in [-0.15, -0.1) is 0 Å². The molecule has 0 spiro atoms. The molecule has 1 radical (unpaired) electrons. The molecule has 17 heavy (non-hydrogen) atoms. The van der Waals surface area contributed by atoms with Crippen LogP contribution in [0, 0.1) is 11.8 Å². The largest absolute Gasteiger partial charge is 0.0738 e. The number of hydrogen-bond donors (Lipinski definition) is 0. The molecule has 0 nitrogen and oxygen atoms in total. The molecule has 0 aromatic carbocycles. The van der Waals surface area contributed by atoms with E-state index in [4.69, 9.17) is 0 Å². The summed E-state index contributed by atoms with van der Waals surface area (Å²) in [6, 6.07) is 0. The molecule has 3 aliphatic rings. The van der Waals surface area contributed by atoms with Crippen LogP contribution < -0.4 is 0 Å². The number of fused-ring (bicyclic) bond motifs is 2. The maximum atomic E-state index is 2.45. The Labute approximate surface area is 104 Å². The van der Waals surface area contributed by atoms with Crippen molar-refractivity contribution in [2.24, 2.45) is 5.92 Å². The van der Waals surface area contributed by atoms with Crippen molar-refractivity contribution >= 4 is 0 Å². The van der Waals surface area contributed by atoms with E-state index >= 15 is 0 Å². The SMILES string of the molecule is CC1=C[C]2CCC3=CC(C)C(C)=CC3=C2C=C1. The lowest BCUT2D eigenvalue weighted by atomic mass is 9.73. The lowest BCUT2D eigenvalue weighted by Crippen LogP contribution is -2.15. The predicted molar refractivity (Wildman–Crippen MR) is 73.4 cm³/mol. The molecule has 0 aromatic heterocycles. The van der Waals surface area contributed by atoms with Crippen molar-refractivity contribution in [2.45, 2.75) is 33.6 Å². The van der Waals surface area contributed by atoms with Crippen molar-refractivity contribution < 1.29 is 0 Å². The van der Waals surface area contributed by atoms with Gasteiger partial charge in [0.25, 0.3) is 0 Å². The van der Waals surface area contributed by atoms with E-state index < -0.39 is 0 Å². The molecule has 0 aromatic rings. The third-order valence-corrected chi connectivity index (χ3v) is 4.10. The van der Waals surface area contributed by atoms with Gasteiger partial charge in [0.05, 0.1) is 0 Å². The van der Waals surface area contributed by atoms with E-state index in [1.54, 1.807) is 5.57 Å². The van der Waals surface area contributed by atoms with E-state index in [2.05, 4.69) is 51.2 Å². The van der Waals surface area contributed by atoms with Gasteiger partial charge in [-0.1, -0.05) is 48.5 Å². The normalized spacial score (nSPS) is 28.2. The van der Waals surface area contributed by atoms with Gasteiger partial charge >= 0.3 is 0 Å². The molecule has 1 atom stereocenters. The van der Waals surface area contributed by atoms with Crippen LogP contribution in [0.4, 0.5) is 0 Å². The van der Waals surface area contributed by atoms with E-state index in [1.807, 2.05) is 0 Å². The molecule has 3 aliphatic carbocycles. The van der Waals surface area contributed by atoms with Crippen LogP contribution in [0.1, 0.15) is 33.6 Å². The molecule has 0 fully saturated rings. The Bertz CT molecular complexity index is 506. The van der Waals surface area contributed by atoms with Gasteiger partial charge in [0.2, 0.25) is 0 Å². The highest BCUT2D eigenvalue weighted by Crippen LogP contribution is 2.43. The Kier molecular flexibility index (Phi) is 2.47. The molecule has 0 amide bonds. The first kappa shape index (κ1) is 10.8. The van der Waals surface area contributed by atoms with Gasteiger partial charge in [0.1, 0.15) is 0 Å². The summed E-state index contributed by atoms with van der Waals surface area (Å²) in [5.41, 5.74) is 7.35. The van der Waals surface area contributed by atoms with Crippen molar-refractivity contribution in [2.75, 3.05) is 0 Å². The minimum atomic E-state index is 0.612. The minimum Gasteiger partial charge on any atom is -0.0738 e. The maximum absolute atomic E-state index is 2.45. The standard InChI is InChI=1S/C17H19/c1-11-4-7-16-14(8-11)5-6-15-9-12(2)13(3)10-17(15)16/h4,7-10,12H,5-6H2,1-3H3. The summed E-state index contributed by atoms with van der Waals surface area (Å²) in [4.78, 5) is 0. The zero-order valence-corrected chi connectivity index (χ0v) is 10.9. The smallest absolute Gasteiger partial charge is 0.0279 e. The van der Waals surface area contributed by atoms with Crippen LogP contribution in [0.2, 0.25) is 0 Å². The average Bonchev–Trinajstić information content (AvgIpc) is 2.30. The molecular weight excluding hydrogens is 204 g/mol. The van der Waals surface area contributed by atoms with Crippen molar-refractivity contribution in [1.82, 2.24) is 0 Å². The lowest BCUT2D eigenvalue weighted by Gasteiger charge is -2.31. The summed E-state index contributed by atoms with van der Waals surface area (Å²) in [6.07, 6.45) is 14.1. The Balaban J connectivity index is 2.11. The monoisotopic (exact) mass is 223 g/mol. The fourth-order valence-electron chi connectivity index (χ4n) is 2.90. The van der Waals surface area contributed by atoms with Crippen molar-refractivity contribution in [3.63, 3.8) is 0 Å². The minimum absolute atomic E-state index is 0.612. The topological polar surface area (TPSA) is 0 Å². The molecule has 0 aliphatic heterocycles. The molecule has 0 saturated heterocycles. The molecule has 0 heterocycles. The van der Waals surface area contributed by atoms with Crippen LogP contribution in [-0.2, 0) is 0 Å². The molecule has 87 valence electrons. The quantitative estimate of drug-likeness (QED) is 0.559. The second-order valence-corrected chi connectivity index (χ2v) is 5.44. The first-order valence-electron chi connectivity index (χ1n) is 6.51. The van der Waals surface area contributed by atoms with Crippen LogP contribution in [0.15, 0.2) is 58.2 Å². The Morgan fingerprint density at radius 1 is 1.00 bits per heavy atom. The van der Waals surface area contributed by atoms with Gasteiger partial charge < -0.3 is 0 Å². The van der Waals surface area contributed by atoms with Gasteiger partial charge in [0, 0.05) is 5.92 Å². The van der Waals surface area contributed by atoms with E-state index in [0.29, 0.717) is 5.92 Å². The average molecular weight is 223 g/mol. The molecule has 1 unspecified atom stereocenters. The summed E-state index contributed by atoms with van der Waals surface area (Å²) in [7, 11) is 0. The predicted octanol–water partition coefficient (Wildman–Crippen LogP) is 4.69. The number of rotatable bonds is 0. The molecule has 0 N–H and O–H groups in total. The number of allylic oxidation sites excluding steroid dienone is 10. The first-order chi connectivity index (χ1) is 8.15. The van der Waals surface area contributed by atoms with Gasteiger partial charge in [-0.2, -0.15) is 0 Å². The highest BCUT2D eigenvalue weighted by atomic mass is 14.3. The Hall–Kier alpha value is -1.30. The summed E-state index contributed by atoms with van der Waals surface area (Å²) in [5.74, 6) is 2.14. The van der Waals surface area contributed by atoms with E-state index in [0.717, 1.165) is 0 Å². The summed E-state index contributed by atoms with van der Waals surface area (Å²) in [6.45, 7) is 6.72. The van der Waals surface area contributed by atoms with Crippen LogP contribution >= 0.6 is 0 Å². The maximum Gasteiger partial charge on any atom is 0.0279 e. The van der Waals surface area contributed by atoms with Gasteiger partial charge in [-0.05, 0) is 49.3 Å². The fraction of sp³-hybridized carbons (Fsp3) is 0.353. The van der Waals surface area contributed by atoms with Crippen LogP contribution in [0.25, 0.3) is 0 Å². The second kappa shape index (κ2) is 3.87. The van der Waals surface area contributed by atoms with Crippen LogP contribution in [-0.4, -0.2) is 0 Å². The highest BCUT2D eigenvalue weighted by molar-refractivity contribution is 5.63. The van der Waals surface area contributed by atoms with E-state index in [9.17, 15) is 0 Å². The van der Waals surface area contributed by atoms with Gasteiger partial charge in [-0.25, -0.2) is 0 Å². The fourth-order valence-corrected chi connectivity index (χ4v) is 2.90. The highest BCUT2D eigenvalue weighted by Gasteiger charge is 2.26. The van der Waals surface area contributed by atoms with E-state index in [-0.39, 0.29) is 0 Å². The van der Waals surface area contributed by atoms with Crippen molar-refractivity contribution in [1.29, 1.82) is 0 Å². The van der Waals surface area contributed by atoms with Crippen LogP contribution in [0.3, 0.4) is 0 Å². The number of hydrogen-bond acceptors (Lipinski definition) is 0. The third-order valence-electron chi connectivity index (χ3n) is 4.10. The molecule has 0 saturated carbocycles. The molecule has 0 bridgehead atoms. The van der Waals surface area contributed by atoms with Crippen molar-refractivity contribution in [3.8, 4) is 0 Å². The zero-order chi connectivity index (χ0) is 12.0. The first-order valence-corrected chi connectivity index (χ1v) is 6.51. The van der Waals surface area contributed by atoms with Crippen molar-refractivity contribution in [3.05, 3.63) is 64.2 Å². The lowest BCUT2D eigenvalue weighted by molar-refractivity contribution is 0.780. The van der Waals surface area contributed by atoms with E-state index in [1.165, 1.54) is 41.1 Å². The molecule has 0 heteroatoms. The summed E-state index contributed by atoms with van der Waals surface area (Å²) < 4.78 is 0.